The van der Waals surface area contributed by atoms with E-state index in [2.05, 4.69) is 23.6 Å². The lowest BCUT2D eigenvalue weighted by molar-refractivity contribution is 0.0522. The molecule has 128 valence electrons. The van der Waals surface area contributed by atoms with E-state index in [4.69, 9.17) is 9.47 Å². The van der Waals surface area contributed by atoms with E-state index in [1.54, 1.807) is 7.11 Å². The molecular formula is C18H28N2O3. The van der Waals surface area contributed by atoms with Crippen molar-refractivity contribution in [1.29, 1.82) is 0 Å². The molecule has 2 rings (SSSR count). The van der Waals surface area contributed by atoms with Crippen LogP contribution in [0.5, 0.6) is 5.75 Å². The summed E-state index contributed by atoms with van der Waals surface area (Å²) < 4.78 is 10.7. The van der Waals surface area contributed by atoms with Gasteiger partial charge in [-0.15, -0.1) is 0 Å². The standard InChI is InChI=1S/C18H28N2O3/c1-6-13(12-9-7-8-10-16(12)22-5)19-14-11-15(14)20-17(21)23-18(2,3)4/h7-10,13-15,19H,6,11H2,1-5H3,(H,20,21). The second kappa shape index (κ2) is 7.21. The van der Waals surface area contributed by atoms with E-state index in [1.807, 2.05) is 39.0 Å². The zero-order valence-electron chi connectivity index (χ0n) is 14.7. The Bertz CT molecular complexity index is 539. The van der Waals surface area contributed by atoms with Crippen molar-refractivity contribution in [2.24, 2.45) is 0 Å². The van der Waals surface area contributed by atoms with E-state index in [0.29, 0.717) is 0 Å². The average Bonchev–Trinajstić information content (AvgIpc) is 3.20. The quantitative estimate of drug-likeness (QED) is 0.843. The zero-order valence-corrected chi connectivity index (χ0v) is 14.7. The third kappa shape index (κ3) is 5.13. The molecule has 1 fully saturated rings. The number of alkyl carbamates (subject to hydrolysis) is 1. The van der Waals surface area contributed by atoms with Crippen LogP contribution >= 0.6 is 0 Å². The van der Waals surface area contributed by atoms with Gasteiger partial charge in [0.15, 0.2) is 0 Å². The van der Waals surface area contributed by atoms with E-state index < -0.39 is 5.60 Å². The van der Waals surface area contributed by atoms with Crippen LogP contribution in [-0.2, 0) is 4.74 Å². The van der Waals surface area contributed by atoms with Crippen LogP contribution in [0.4, 0.5) is 4.79 Å². The summed E-state index contributed by atoms with van der Waals surface area (Å²) in [6.45, 7) is 7.74. The van der Waals surface area contributed by atoms with Crippen LogP contribution in [0.25, 0.3) is 0 Å². The molecule has 1 aliphatic carbocycles. The van der Waals surface area contributed by atoms with Gasteiger partial charge in [0.1, 0.15) is 11.4 Å². The van der Waals surface area contributed by atoms with E-state index in [1.165, 1.54) is 0 Å². The molecule has 0 aromatic heterocycles. The van der Waals surface area contributed by atoms with Gasteiger partial charge in [0.05, 0.1) is 7.11 Å². The fourth-order valence-electron chi connectivity index (χ4n) is 2.64. The lowest BCUT2D eigenvalue weighted by Crippen LogP contribution is -2.37. The Morgan fingerprint density at radius 1 is 1.30 bits per heavy atom. The minimum Gasteiger partial charge on any atom is -0.496 e. The molecule has 1 aromatic carbocycles. The van der Waals surface area contributed by atoms with Crippen LogP contribution in [0.3, 0.4) is 0 Å². The average molecular weight is 320 g/mol. The number of methoxy groups -OCH3 is 1. The van der Waals surface area contributed by atoms with Gasteiger partial charge in [-0.05, 0) is 39.7 Å². The van der Waals surface area contributed by atoms with Crippen LogP contribution in [0.15, 0.2) is 24.3 Å². The van der Waals surface area contributed by atoms with Gasteiger partial charge >= 0.3 is 6.09 Å². The monoisotopic (exact) mass is 320 g/mol. The number of benzene rings is 1. The SMILES string of the molecule is CCC(NC1CC1NC(=O)OC(C)(C)C)c1ccccc1OC. The van der Waals surface area contributed by atoms with Crippen molar-refractivity contribution in [3.63, 3.8) is 0 Å². The fraction of sp³-hybridized carbons (Fsp3) is 0.611. The van der Waals surface area contributed by atoms with Gasteiger partial charge in [-0.3, -0.25) is 0 Å². The maximum atomic E-state index is 11.8. The van der Waals surface area contributed by atoms with Crippen molar-refractivity contribution in [1.82, 2.24) is 10.6 Å². The van der Waals surface area contributed by atoms with Gasteiger partial charge in [0, 0.05) is 23.7 Å². The number of carbonyl (C=O) groups is 1. The van der Waals surface area contributed by atoms with Crippen LogP contribution in [0.1, 0.15) is 52.1 Å². The molecule has 3 atom stereocenters. The number of ether oxygens (including phenoxy) is 2. The van der Waals surface area contributed by atoms with Gasteiger partial charge in [-0.1, -0.05) is 25.1 Å². The van der Waals surface area contributed by atoms with Gasteiger partial charge in [0.25, 0.3) is 0 Å². The summed E-state index contributed by atoms with van der Waals surface area (Å²) in [4.78, 5) is 11.8. The van der Waals surface area contributed by atoms with Gasteiger partial charge in [0.2, 0.25) is 0 Å². The topological polar surface area (TPSA) is 59.6 Å². The van der Waals surface area contributed by atoms with Crippen molar-refractivity contribution >= 4 is 6.09 Å². The predicted octanol–water partition coefficient (Wildman–Crippen LogP) is 3.40. The molecule has 5 heteroatoms. The maximum Gasteiger partial charge on any atom is 0.407 e. The molecule has 0 heterocycles. The minimum atomic E-state index is -0.467. The first kappa shape index (κ1) is 17.6. The predicted molar refractivity (Wildman–Crippen MR) is 90.7 cm³/mol. The molecule has 1 aromatic rings. The molecule has 0 saturated heterocycles. The highest BCUT2D eigenvalue weighted by atomic mass is 16.6. The fourth-order valence-corrected chi connectivity index (χ4v) is 2.64. The summed E-state index contributed by atoms with van der Waals surface area (Å²) >= 11 is 0. The van der Waals surface area contributed by atoms with Crippen molar-refractivity contribution in [2.45, 2.75) is 64.3 Å². The highest BCUT2D eigenvalue weighted by Gasteiger charge is 2.40. The van der Waals surface area contributed by atoms with Gasteiger partial charge in [-0.25, -0.2) is 4.79 Å². The summed E-state index contributed by atoms with van der Waals surface area (Å²) in [6.07, 6.45) is 1.53. The molecule has 23 heavy (non-hydrogen) atoms. The van der Waals surface area contributed by atoms with Crippen LogP contribution in [0, 0.1) is 0 Å². The summed E-state index contributed by atoms with van der Waals surface area (Å²) in [5, 5.41) is 6.51. The molecule has 2 N–H and O–H groups in total. The Morgan fingerprint density at radius 3 is 2.61 bits per heavy atom. The Kier molecular flexibility index (Phi) is 5.52. The minimum absolute atomic E-state index is 0.133. The molecule has 0 aliphatic heterocycles. The van der Waals surface area contributed by atoms with Crippen molar-refractivity contribution < 1.29 is 14.3 Å². The second-order valence-electron chi connectivity index (χ2n) is 6.96. The number of rotatable bonds is 6. The Morgan fingerprint density at radius 2 is 2.00 bits per heavy atom. The summed E-state index contributed by atoms with van der Waals surface area (Å²) in [5.74, 6) is 0.893. The molecule has 3 unspecified atom stereocenters. The number of hydrogen-bond acceptors (Lipinski definition) is 4. The molecule has 0 spiro atoms. The number of hydrogen-bond donors (Lipinski definition) is 2. The highest BCUT2D eigenvalue weighted by molar-refractivity contribution is 5.68. The molecule has 0 bridgehead atoms. The number of carbonyl (C=O) groups excluding carboxylic acids is 1. The first-order valence-corrected chi connectivity index (χ1v) is 8.22. The second-order valence-corrected chi connectivity index (χ2v) is 6.96. The van der Waals surface area contributed by atoms with Gasteiger partial charge in [-0.2, -0.15) is 0 Å². The maximum absolute atomic E-state index is 11.8. The van der Waals surface area contributed by atoms with Gasteiger partial charge < -0.3 is 20.1 Å². The third-order valence-electron chi connectivity index (χ3n) is 3.83. The number of para-hydroxylation sites is 1. The van der Waals surface area contributed by atoms with Crippen molar-refractivity contribution in [3.05, 3.63) is 29.8 Å². The Labute approximate surface area is 138 Å². The normalized spacial score (nSPS) is 21.4. The first-order valence-electron chi connectivity index (χ1n) is 8.22. The van der Waals surface area contributed by atoms with E-state index in [0.717, 1.165) is 24.2 Å². The van der Waals surface area contributed by atoms with E-state index >= 15 is 0 Å². The van der Waals surface area contributed by atoms with Crippen molar-refractivity contribution in [2.75, 3.05) is 7.11 Å². The Hall–Kier alpha value is -1.75. The smallest absolute Gasteiger partial charge is 0.407 e. The molecule has 5 nitrogen and oxygen atoms in total. The lowest BCUT2D eigenvalue weighted by atomic mass is 10.0. The Balaban J connectivity index is 1.89. The number of nitrogens with one attached hydrogen (secondary N) is 2. The molecule has 1 aliphatic rings. The first-order chi connectivity index (χ1) is 10.8. The summed E-state index contributed by atoms with van der Waals surface area (Å²) in [6, 6.07) is 8.67. The van der Waals surface area contributed by atoms with E-state index in [9.17, 15) is 4.79 Å². The van der Waals surface area contributed by atoms with E-state index in [-0.39, 0.29) is 24.2 Å². The van der Waals surface area contributed by atoms with Crippen molar-refractivity contribution in [3.8, 4) is 5.75 Å². The lowest BCUT2D eigenvalue weighted by Gasteiger charge is -2.21. The van der Waals surface area contributed by atoms with Crippen LogP contribution < -0.4 is 15.4 Å². The molecule has 0 radical (unpaired) electrons. The van der Waals surface area contributed by atoms with Crippen LogP contribution in [0.2, 0.25) is 0 Å². The molecule has 1 saturated carbocycles. The summed E-state index contributed by atoms with van der Waals surface area (Å²) in [5.41, 5.74) is 0.686. The molecular weight excluding hydrogens is 292 g/mol. The third-order valence-corrected chi connectivity index (χ3v) is 3.83. The largest absolute Gasteiger partial charge is 0.496 e. The van der Waals surface area contributed by atoms with Crippen LogP contribution in [-0.4, -0.2) is 30.9 Å². The summed E-state index contributed by atoms with van der Waals surface area (Å²) in [7, 11) is 1.69. The highest BCUT2D eigenvalue weighted by Crippen LogP contribution is 2.31. The zero-order chi connectivity index (χ0) is 17.0. The molecule has 1 amide bonds. The number of amides is 1.